The van der Waals surface area contributed by atoms with Crippen LogP contribution in [0.15, 0.2) is 28.8 Å². The number of benzene rings is 1. The van der Waals surface area contributed by atoms with Crippen LogP contribution < -0.4 is 0 Å². The van der Waals surface area contributed by atoms with Crippen LogP contribution in [-0.2, 0) is 15.7 Å². The van der Waals surface area contributed by atoms with Crippen LogP contribution in [0.2, 0.25) is 0 Å². The molecule has 1 atom stereocenters. The third kappa shape index (κ3) is 3.93. The van der Waals surface area contributed by atoms with Gasteiger partial charge in [-0.3, -0.25) is 4.79 Å². The van der Waals surface area contributed by atoms with Crippen molar-refractivity contribution in [3.63, 3.8) is 0 Å². The van der Waals surface area contributed by atoms with Crippen LogP contribution in [0.3, 0.4) is 0 Å². The number of hydrogen-bond donors (Lipinski definition) is 0. The number of aromatic nitrogens is 2. The van der Waals surface area contributed by atoms with Crippen molar-refractivity contribution >= 4 is 11.9 Å². The van der Waals surface area contributed by atoms with E-state index in [1.807, 2.05) is 0 Å². The van der Waals surface area contributed by atoms with Crippen LogP contribution in [-0.4, -0.2) is 46.6 Å². The Morgan fingerprint density at radius 3 is 2.52 bits per heavy atom. The molecule has 27 heavy (non-hydrogen) atoms. The average Bonchev–Trinajstić information content (AvgIpc) is 3.17. The van der Waals surface area contributed by atoms with Gasteiger partial charge in [-0.2, -0.15) is 18.2 Å². The quantitative estimate of drug-likeness (QED) is 0.758. The molecule has 0 spiro atoms. The van der Waals surface area contributed by atoms with Crippen molar-refractivity contribution in [2.45, 2.75) is 31.5 Å². The zero-order valence-corrected chi connectivity index (χ0v) is 14.3. The van der Waals surface area contributed by atoms with Gasteiger partial charge in [0.25, 0.3) is 5.91 Å². The zero-order valence-electron chi connectivity index (χ0n) is 14.3. The summed E-state index contributed by atoms with van der Waals surface area (Å²) in [7, 11) is 1.27. The van der Waals surface area contributed by atoms with E-state index in [0.717, 1.165) is 12.8 Å². The minimum absolute atomic E-state index is 0.230. The fourth-order valence-electron chi connectivity index (χ4n) is 2.94. The van der Waals surface area contributed by atoms with Crippen molar-refractivity contribution in [3.8, 4) is 11.4 Å². The third-order valence-electron chi connectivity index (χ3n) is 4.30. The molecule has 1 aromatic heterocycles. The molecule has 0 saturated carbocycles. The minimum Gasteiger partial charge on any atom is -0.467 e. The van der Waals surface area contributed by atoms with Crippen molar-refractivity contribution in [1.82, 2.24) is 15.0 Å². The number of nitrogens with zero attached hydrogens (tertiary/aromatic N) is 3. The van der Waals surface area contributed by atoms with Crippen LogP contribution in [0, 0.1) is 0 Å². The number of likely N-dealkylation sites (tertiary alicyclic amines) is 1. The summed E-state index contributed by atoms with van der Waals surface area (Å²) in [5.41, 5.74) is 0.572. The molecule has 1 amide bonds. The van der Waals surface area contributed by atoms with Gasteiger partial charge in [0.15, 0.2) is 0 Å². The molecule has 0 unspecified atom stereocenters. The van der Waals surface area contributed by atoms with Gasteiger partial charge in [-0.1, -0.05) is 17.3 Å². The summed E-state index contributed by atoms with van der Waals surface area (Å²) < 4.78 is 46.6. The predicted octanol–water partition coefficient (Wildman–Crippen LogP) is 2.92. The summed E-state index contributed by atoms with van der Waals surface area (Å²) in [6.45, 7) is 0.431. The molecule has 2 aromatic rings. The van der Waals surface area contributed by atoms with Gasteiger partial charge >= 0.3 is 18.0 Å². The molecule has 1 aliphatic heterocycles. The highest BCUT2D eigenvalue weighted by atomic mass is 19.4. The predicted molar refractivity (Wildman–Crippen MR) is 85.4 cm³/mol. The van der Waals surface area contributed by atoms with E-state index < -0.39 is 24.1 Å². The molecule has 1 aromatic carbocycles. The first-order valence-electron chi connectivity index (χ1n) is 8.21. The highest BCUT2D eigenvalue weighted by Crippen LogP contribution is 2.29. The monoisotopic (exact) mass is 383 g/mol. The van der Waals surface area contributed by atoms with E-state index in [1.54, 1.807) is 0 Å². The maximum atomic E-state index is 12.7. The lowest BCUT2D eigenvalue weighted by Crippen LogP contribution is -2.48. The number of methoxy groups -OCH3 is 1. The lowest BCUT2D eigenvalue weighted by atomic mass is 10.0. The fraction of sp³-hybridized carbons (Fsp3) is 0.412. The van der Waals surface area contributed by atoms with Gasteiger partial charge in [-0.25, -0.2) is 4.79 Å². The Hall–Kier alpha value is -2.91. The van der Waals surface area contributed by atoms with Crippen LogP contribution in [0.25, 0.3) is 11.4 Å². The summed E-state index contributed by atoms with van der Waals surface area (Å²) in [6.07, 6.45) is -2.60. The third-order valence-corrected chi connectivity index (χ3v) is 4.30. The van der Waals surface area contributed by atoms with Gasteiger partial charge in [-0.15, -0.1) is 0 Å². The van der Waals surface area contributed by atoms with Gasteiger partial charge in [0.2, 0.25) is 5.82 Å². The Morgan fingerprint density at radius 2 is 1.93 bits per heavy atom. The Bertz CT molecular complexity index is 833. The molecule has 1 aliphatic rings. The smallest absolute Gasteiger partial charge is 0.467 e. The van der Waals surface area contributed by atoms with Gasteiger partial charge in [0, 0.05) is 17.7 Å². The second kappa shape index (κ2) is 7.37. The van der Waals surface area contributed by atoms with E-state index in [4.69, 9.17) is 4.74 Å². The van der Waals surface area contributed by atoms with Crippen LogP contribution in [0.4, 0.5) is 13.2 Å². The Morgan fingerprint density at radius 1 is 1.22 bits per heavy atom. The Kier molecular flexibility index (Phi) is 5.15. The molecule has 1 saturated heterocycles. The van der Waals surface area contributed by atoms with E-state index in [9.17, 15) is 22.8 Å². The minimum atomic E-state index is -4.72. The van der Waals surface area contributed by atoms with Gasteiger partial charge < -0.3 is 14.2 Å². The number of amides is 1. The summed E-state index contributed by atoms with van der Waals surface area (Å²) in [5, 5.41) is 3.30. The molecule has 0 aliphatic carbocycles. The first kappa shape index (κ1) is 18.9. The fourth-order valence-corrected chi connectivity index (χ4v) is 2.94. The molecule has 3 rings (SSSR count). The normalized spacial score (nSPS) is 17.6. The molecular weight excluding hydrogens is 367 g/mol. The molecule has 1 fully saturated rings. The first-order valence-corrected chi connectivity index (χ1v) is 8.21. The van der Waals surface area contributed by atoms with Crippen molar-refractivity contribution < 1.29 is 32.0 Å². The summed E-state index contributed by atoms with van der Waals surface area (Å²) in [4.78, 5) is 29.4. The summed E-state index contributed by atoms with van der Waals surface area (Å²) in [6, 6.07) is 5.11. The lowest BCUT2D eigenvalue weighted by Gasteiger charge is -2.33. The maximum Gasteiger partial charge on any atom is 0.471 e. The molecule has 7 nitrogen and oxygen atoms in total. The number of hydrogen-bond acceptors (Lipinski definition) is 6. The molecule has 0 N–H and O–H groups in total. The standard InChI is InChI=1S/C17H16F3N3O4/c1-26-15(25)12-4-2-3-9-23(12)14(24)11-7-5-10(6-8-11)13-21-16(27-22-13)17(18,19)20/h5-8,12H,2-4,9H2,1H3/t12-/m0/s1. The zero-order chi connectivity index (χ0) is 19.6. The number of carbonyl (C=O) groups is 2. The highest BCUT2D eigenvalue weighted by molar-refractivity contribution is 5.97. The van der Waals surface area contributed by atoms with E-state index >= 15 is 0 Å². The highest BCUT2D eigenvalue weighted by Gasteiger charge is 2.38. The van der Waals surface area contributed by atoms with Crippen molar-refractivity contribution in [3.05, 3.63) is 35.7 Å². The topological polar surface area (TPSA) is 85.5 Å². The molecule has 0 radical (unpaired) electrons. The number of esters is 1. The number of halogens is 3. The maximum absolute atomic E-state index is 12.7. The van der Waals surface area contributed by atoms with E-state index in [-0.39, 0.29) is 17.3 Å². The number of ether oxygens (including phenoxy) is 1. The van der Waals surface area contributed by atoms with Gasteiger partial charge in [0.1, 0.15) is 6.04 Å². The van der Waals surface area contributed by atoms with Crippen LogP contribution in [0.5, 0.6) is 0 Å². The van der Waals surface area contributed by atoms with Crippen molar-refractivity contribution in [2.24, 2.45) is 0 Å². The van der Waals surface area contributed by atoms with Crippen molar-refractivity contribution in [2.75, 3.05) is 13.7 Å². The van der Waals surface area contributed by atoms with Crippen molar-refractivity contribution in [1.29, 1.82) is 0 Å². The molecule has 144 valence electrons. The molecular formula is C17H16F3N3O4. The summed E-state index contributed by atoms with van der Waals surface area (Å²) in [5.74, 6) is -2.48. The SMILES string of the molecule is COC(=O)[C@@H]1CCCCN1C(=O)c1ccc(-c2noc(C(F)(F)F)n2)cc1. The number of alkyl halides is 3. The van der Waals surface area contributed by atoms with Crippen LogP contribution in [0.1, 0.15) is 35.5 Å². The second-order valence-electron chi connectivity index (χ2n) is 6.03. The van der Waals surface area contributed by atoms with E-state index in [0.29, 0.717) is 18.5 Å². The van der Waals surface area contributed by atoms with Gasteiger partial charge in [-0.05, 0) is 31.4 Å². The largest absolute Gasteiger partial charge is 0.471 e. The number of carbonyl (C=O) groups excluding carboxylic acids is 2. The van der Waals surface area contributed by atoms with E-state index in [1.165, 1.54) is 36.3 Å². The van der Waals surface area contributed by atoms with Crippen LogP contribution >= 0.6 is 0 Å². The Balaban J connectivity index is 1.79. The van der Waals surface area contributed by atoms with Gasteiger partial charge in [0.05, 0.1) is 7.11 Å². The molecule has 2 heterocycles. The lowest BCUT2D eigenvalue weighted by molar-refractivity contribution is -0.159. The van der Waals surface area contributed by atoms with E-state index in [2.05, 4.69) is 14.7 Å². The summed E-state index contributed by atoms with van der Waals surface area (Å²) >= 11 is 0. The molecule has 0 bridgehead atoms. The number of piperidine rings is 1. The average molecular weight is 383 g/mol. The number of rotatable bonds is 3. The second-order valence-corrected chi connectivity index (χ2v) is 6.03. The Labute approximate surface area is 152 Å². The molecule has 10 heteroatoms. The first-order chi connectivity index (χ1) is 12.8.